The zero-order valence-electron chi connectivity index (χ0n) is 14.1. The van der Waals surface area contributed by atoms with Crippen molar-refractivity contribution in [2.75, 3.05) is 10.2 Å². The first-order chi connectivity index (χ1) is 11.6. The monoisotopic (exact) mass is 386 g/mol. The van der Waals surface area contributed by atoms with Gasteiger partial charge in [-0.3, -0.25) is 4.79 Å². The first-order valence-corrected chi connectivity index (χ1v) is 9.30. The summed E-state index contributed by atoms with van der Waals surface area (Å²) in [6.07, 6.45) is 3.01. The maximum atomic E-state index is 12.3. The van der Waals surface area contributed by atoms with Gasteiger partial charge in [0.15, 0.2) is 0 Å². The Bertz CT molecular complexity index is 717. The second-order valence-electron chi connectivity index (χ2n) is 6.33. The molecule has 126 valence electrons. The molecule has 1 heterocycles. The number of halogens is 1. The number of fused-ring (bicyclic) bond motifs is 1. The molecular weight excluding hydrogens is 364 g/mol. The van der Waals surface area contributed by atoms with Crippen molar-refractivity contribution in [1.29, 1.82) is 0 Å². The normalized spacial score (nSPS) is 19.7. The number of hydrogen-bond acceptors (Lipinski definition) is 2. The lowest BCUT2D eigenvalue weighted by molar-refractivity contribution is -0.117. The van der Waals surface area contributed by atoms with Gasteiger partial charge in [-0.25, -0.2) is 0 Å². The van der Waals surface area contributed by atoms with E-state index < -0.39 is 0 Å². The third-order valence-electron chi connectivity index (χ3n) is 4.57. The SMILES string of the molecule is CCC[C@@H]1C[C@H](Nc2ccccc2)c2cc(Br)ccc2N1C(C)=O. The Hall–Kier alpha value is -1.81. The maximum Gasteiger partial charge on any atom is 0.224 e. The molecule has 0 bridgehead atoms. The van der Waals surface area contributed by atoms with Crippen molar-refractivity contribution >= 4 is 33.2 Å². The highest BCUT2D eigenvalue weighted by Crippen LogP contribution is 2.41. The largest absolute Gasteiger partial charge is 0.378 e. The zero-order chi connectivity index (χ0) is 17.1. The Morgan fingerprint density at radius 1 is 1.25 bits per heavy atom. The molecule has 0 unspecified atom stereocenters. The summed E-state index contributed by atoms with van der Waals surface area (Å²) >= 11 is 3.57. The van der Waals surface area contributed by atoms with Crippen LogP contribution in [0.1, 0.15) is 44.7 Å². The van der Waals surface area contributed by atoms with Gasteiger partial charge in [-0.15, -0.1) is 0 Å². The Balaban J connectivity index is 2.01. The second kappa shape index (κ2) is 7.39. The van der Waals surface area contributed by atoms with Crippen molar-refractivity contribution in [2.24, 2.45) is 0 Å². The molecule has 2 atom stereocenters. The molecule has 0 aliphatic carbocycles. The van der Waals surface area contributed by atoms with Gasteiger partial charge in [0.2, 0.25) is 5.91 Å². The predicted molar refractivity (Wildman–Crippen MR) is 103 cm³/mol. The molecule has 1 aliphatic heterocycles. The molecule has 1 amide bonds. The van der Waals surface area contributed by atoms with E-state index in [0.29, 0.717) is 0 Å². The number of carbonyl (C=O) groups excluding carboxylic acids is 1. The summed E-state index contributed by atoms with van der Waals surface area (Å²) < 4.78 is 1.04. The van der Waals surface area contributed by atoms with E-state index in [9.17, 15) is 4.79 Å². The average Bonchev–Trinajstić information content (AvgIpc) is 2.56. The van der Waals surface area contributed by atoms with Crippen LogP contribution >= 0.6 is 15.9 Å². The summed E-state index contributed by atoms with van der Waals surface area (Å²) in [4.78, 5) is 14.3. The molecule has 4 heteroatoms. The van der Waals surface area contributed by atoms with Crippen molar-refractivity contribution in [3.8, 4) is 0 Å². The summed E-state index contributed by atoms with van der Waals surface area (Å²) in [5.74, 6) is 0.121. The van der Waals surface area contributed by atoms with Gasteiger partial charge in [0.05, 0.1) is 6.04 Å². The Kier molecular flexibility index (Phi) is 5.24. The van der Waals surface area contributed by atoms with Crippen LogP contribution in [-0.2, 0) is 4.79 Å². The van der Waals surface area contributed by atoms with E-state index in [-0.39, 0.29) is 18.0 Å². The third kappa shape index (κ3) is 3.48. The molecule has 0 spiro atoms. The Morgan fingerprint density at radius 2 is 2.00 bits per heavy atom. The van der Waals surface area contributed by atoms with Crippen LogP contribution in [-0.4, -0.2) is 11.9 Å². The molecule has 2 aromatic carbocycles. The molecular formula is C20H23BrN2O. The number of anilines is 2. The second-order valence-corrected chi connectivity index (χ2v) is 7.25. The Labute approximate surface area is 152 Å². The van der Waals surface area contributed by atoms with Gasteiger partial charge in [0.25, 0.3) is 0 Å². The number of hydrogen-bond donors (Lipinski definition) is 1. The standard InChI is InChI=1S/C20H23BrN2O/c1-3-7-17-13-19(22-16-8-5-4-6-9-16)18-12-15(21)10-11-20(18)23(17)14(2)24/h4-6,8-12,17,19,22H,3,7,13H2,1-2H3/t17-,19+/m1/s1. The number of rotatable bonds is 4. The summed E-state index contributed by atoms with van der Waals surface area (Å²) in [6, 6.07) is 16.9. The molecule has 3 nitrogen and oxygen atoms in total. The van der Waals surface area contributed by atoms with Crippen LogP contribution in [0.2, 0.25) is 0 Å². The average molecular weight is 387 g/mol. The fraction of sp³-hybridized carbons (Fsp3) is 0.350. The highest BCUT2D eigenvalue weighted by atomic mass is 79.9. The fourth-order valence-corrected chi connectivity index (χ4v) is 3.98. The molecule has 0 aromatic heterocycles. The molecule has 0 saturated heterocycles. The number of nitrogens with zero attached hydrogens (tertiary/aromatic N) is 1. The zero-order valence-corrected chi connectivity index (χ0v) is 15.7. The van der Waals surface area contributed by atoms with E-state index in [1.54, 1.807) is 6.92 Å². The number of benzene rings is 2. The predicted octanol–water partition coefficient (Wildman–Crippen LogP) is 5.53. The molecule has 0 saturated carbocycles. The van der Waals surface area contributed by atoms with Crippen LogP contribution in [0.5, 0.6) is 0 Å². The van der Waals surface area contributed by atoms with Crippen LogP contribution in [0.25, 0.3) is 0 Å². The number of carbonyl (C=O) groups is 1. The molecule has 24 heavy (non-hydrogen) atoms. The van der Waals surface area contributed by atoms with E-state index in [1.807, 2.05) is 29.2 Å². The maximum absolute atomic E-state index is 12.3. The Morgan fingerprint density at radius 3 is 2.67 bits per heavy atom. The van der Waals surface area contributed by atoms with Crippen molar-refractivity contribution in [1.82, 2.24) is 0 Å². The minimum atomic E-state index is 0.121. The van der Waals surface area contributed by atoms with Gasteiger partial charge in [0.1, 0.15) is 0 Å². The van der Waals surface area contributed by atoms with Crippen molar-refractivity contribution in [2.45, 2.75) is 45.2 Å². The van der Waals surface area contributed by atoms with E-state index in [0.717, 1.165) is 35.1 Å². The van der Waals surface area contributed by atoms with Gasteiger partial charge in [-0.2, -0.15) is 0 Å². The molecule has 0 radical (unpaired) electrons. The van der Waals surface area contributed by atoms with E-state index in [2.05, 4.69) is 52.4 Å². The van der Waals surface area contributed by atoms with Crippen LogP contribution in [0.4, 0.5) is 11.4 Å². The van der Waals surface area contributed by atoms with Gasteiger partial charge in [-0.05, 0) is 48.7 Å². The molecule has 1 N–H and O–H groups in total. The lowest BCUT2D eigenvalue weighted by atomic mass is 9.88. The van der Waals surface area contributed by atoms with Crippen LogP contribution in [0.15, 0.2) is 53.0 Å². The minimum Gasteiger partial charge on any atom is -0.378 e. The molecule has 3 rings (SSSR count). The van der Waals surface area contributed by atoms with Gasteiger partial charge >= 0.3 is 0 Å². The van der Waals surface area contributed by atoms with Gasteiger partial charge in [-0.1, -0.05) is 47.5 Å². The van der Waals surface area contributed by atoms with E-state index >= 15 is 0 Å². The molecule has 2 aromatic rings. The van der Waals surface area contributed by atoms with Crippen molar-refractivity contribution in [3.05, 3.63) is 58.6 Å². The first-order valence-electron chi connectivity index (χ1n) is 8.51. The number of para-hydroxylation sites is 1. The van der Waals surface area contributed by atoms with E-state index in [4.69, 9.17) is 0 Å². The highest BCUT2D eigenvalue weighted by molar-refractivity contribution is 9.10. The minimum absolute atomic E-state index is 0.121. The van der Waals surface area contributed by atoms with Gasteiger partial charge in [0, 0.05) is 28.8 Å². The summed E-state index contributed by atoms with van der Waals surface area (Å²) in [5, 5.41) is 3.65. The van der Waals surface area contributed by atoms with Crippen molar-refractivity contribution < 1.29 is 4.79 Å². The first kappa shape index (κ1) is 17.0. The third-order valence-corrected chi connectivity index (χ3v) is 5.07. The summed E-state index contributed by atoms with van der Waals surface area (Å²) in [5.41, 5.74) is 3.32. The number of amides is 1. The fourth-order valence-electron chi connectivity index (χ4n) is 3.60. The lowest BCUT2D eigenvalue weighted by Crippen LogP contribution is -2.44. The molecule has 0 fully saturated rings. The van der Waals surface area contributed by atoms with Crippen molar-refractivity contribution in [3.63, 3.8) is 0 Å². The summed E-state index contributed by atoms with van der Waals surface area (Å²) in [7, 11) is 0. The van der Waals surface area contributed by atoms with Gasteiger partial charge < -0.3 is 10.2 Å². The topological polar surface area (TPSA) is 32.3 Å². The van der Waals surface area contributed by atoms with Crippen LogP contribution < -0.4 is 10.2 Å². The number of nitrogens with one attached hydrogen (secondary N) is 1. The van der Waals surface area contributed by atoms with E-state index in [1.165, 1.54) is 5.56 Å². The quantitative estimate of drug-likeness (QED) is 0.748. The van der Waals surface area contributed by atoms with Crippen LogP contribution in [0, 0.1) is 0 Å². The lowest BCUT2D eigenvalue weighted by Gasteiger charge is -2.41. The highest BCUT2D eigenvalue weighted by Gasteiger charge is 2.34. The molecule has 1 aliphatic rings. The summed E-state index contributed by atoms with van der Waals surface area (Å²) in [6.45, 7) is 3.84. The smallest absolute Gasteiger partial charge is 0.224 e. The van der Waals surface area contributed by atoms with Crippen LogP contribution in [0.3, 0.4) is 0 Å².